The monoisotopic (exact) mass is 275 g/mol. The molecule has 1 aromatic rings. The van der Waals surface area contributed by atoms with Crippen LogP contribution in [0.3, 0.4) is 0 Å². The molecule has 1 aliphatic carbocycles. The summed E-state index contributed by atoms with van der Waals surface area (Å²) >= 11 is 0. The van der Waals surface area contributed by atoms with Crippen LogP contribution in [0.25, 0.3) is 0 Å². The molecule has 0 aliphatic heterocycles. The zero-order chi connectivity index (χ0) is 15.1. The number of aromatic carboxylic acids is 1. The van der Waals surface area contributed by atoms with E-state index in [4.69, 9.17) is 5.11 Å². The summed E-state index contributed by atoms with van der Waals surface area (Å²) in [6.45, 7) is 8.51. The Hall–Kier alpha value is -1.84. The van der Waals surface area contributed by atoms with Crippen LogP contribution < -0.4 is 5.32 Å². The highest BCUT2D eigenvalue weighted by molar-refractivity contribution is 5.91. The van der Waals surface area contributed by atoms with Crippen molar-refractivity contribution < 1.29 is 14.7 Å². The van der Waals surface area contributed by atoms with Crippen molar-refractivity contribution in [3.63, 3.8) is 0 Å². The molecule has 20 heavy (non-hydrogen) atoms. The number of nitrogens with one attached hydrogen (secondary N) is 1. The van der Waals surface area contributed by atoms with E-state index in [9.17, 15) is 9.59 Å². The molecular formula is C16H21NO3. The number of carbonyl (C=O) groups is 2. The second kappa shape index (κ2) is 4.62. The fourth-order valence-electron chi connectivity index (χ4n) is 2.83. The SMILES string of the molecule is CC1(C)C(NC(=O)Cc2ccccc2C(=O)O)C1(C)C. The van der Waals surface area contributed by atoms with Crippen molar-refractivity contribution in [3.05, 3.63) is 35.4 Å². The Bertz CT molecular complexity index is 547. The minimum absolute atomic E-state index is 0.0783. The largest absolute Gasteiger partial charge is 0.478 e. The van der Waals surface area contributed by atoms with E-state index in [1.807, 2.05) is 0 Å². The molecule has 0 bridgehead atoms. The molecule has 0 heterocycles. The summed E-state index contributed by atoms with van der Waals surface area (Å²) in [6.07, 6.45) is 0.102. The van der Waals surface area contributed by atoms with Crippen LogP contribution in [0.15, 0.2) is 24.3 Å². The first kappa shape index (κ1) is 14.6. The summed E-state index contributed by atoms with van der Waals surface area (Å²) in [5.41, 5.74) is 0.898. The maximum atomic E-state index is 12.1. The number of hydrogen-bond acceptors (Lipinski definition) is 2. The van der Waals surface area contributed by atoms with Crippen LogP contribution in [0.5, 0.6) is 0 Å². The van der Waals surface area contributed by atoms with Gasteiger partial charge in [-0.05, 0) is 22.5 Å². The minimum atomic E-state index is -1.000. The van der Waals surface area contributed by atoms with E-state index in [1.165, 1.54) is 6.07 Å². The Kier molecular flexibility index (Phi) is 3.36. The number of rotatable bonds is 4. The summed E-state index contributed by atoms with van der Waals surface area (Å²) in [5, 5.41) is 12.1. The first-order chi connectivity index (χ1) is 9.18. The maximum absolute atomic E-state index is 12.1. The van der Waals surface area contributed by atoms with Crippen molar-refractivity contribution in [1.29, 1.82) is 0 Å². The first-order valence-electron chi connectivity index (χ1n) is 6.78. The minimum Gasteiger partial charge on any atom is -0.478 e. The average molecular weight is 275 g/mol. The summed E-state index contributed by atoms with van der Waals surface area (Å²) in [4.78, 5) is 23.2. The van der Waals surface area contributed by atoms with E-state index in [0.717, 1.165) is 0 Å². The number of carbonyl (C=O) groups excluding carboxylic acids is 1. The van der Waals surface area contributed by atoms with Crippen molar-refractivity contribution in [3.8, 4) is 0 Å². The second-order valence-electron chi connectivity index (χ2n) is 6.58. The lowest BCUT2D eigenvalue weighted by molar-refractivity contribution is -0.120. The van der Waals surface area contributed by atoms with E-state index in [0.29, 0.717) is 5.56 Å². The van der Waals surface area contributed by atoms with Crippen LogP contribution in [0.1, 0.15) is 43.6 Å². The molecule has 2 N–H and O–H groups in total. The lowest BCUT2D eigenvalue weighted by atomic mass is 10.0. The van der Waals surface area contributed by atoms with Crippen molar-refractivity contribution >= 4 is 11.9 Å². The molecule has 0 radical (unpaired) electrons. The quantitative estimate of drug-likeness (QED) is 0.887. The van der Waals surface area contributed by atoms with Gasteiger partial charge in [0, 0.05) is 6.04 Å². The van der Waals surface area contributed by atoms with E-state index in [2.05, 4.69) is 33.0 Å². The lowest BCUT2D eigenvalue weighted by Crippen LogP contribution is -2.31. The van der Waals surface area contributed by atoms with Gasteiger partial charge in [-0.25, -0.2) is 4.79 Å². The van der Waals surface area contributed by atoms with Gasteiger partial charge in [-0.3, -0.25) is 4.79 Å². The zero-order valence-electron chi connectivity index (χ0n) is 12.4. The molecule has 1 saturated carbocycles. The number of carboxylic acids is 1. The predicted molar refractivity (Wildman–Crippen MR) is 76.6 cm³/mol. The fraction of sp³-hybridized carbons (Fsp3) is 0.500. The molecule has 0 atom stereocenters. The molecule has 4 nitrogen and oxygen atoms in total. The summed E-state index contributed by atoms with van der Waals surface area (Å²) in [5.74, 6) is -1.12. The molecule has 108 valence electrons. The standard InChI is InChI=1S/C16H21NO3/c1-15(2)14(16(15,3)4)17-12(18)9-10-7-5-6-8-11(10)13(19)20/h5-8,14H,9H2,1-4H3,(H,17,18)(H,19,20). The Balaban J connectivity index is 2.05. The van der Waals surface area contributed by atoms with Gasteiger partial charge in [-0.1, -0.05) is 45.9 Å². The molecule has 0 aromatic heterocycles. The van der Waals surface area contributed by atoms with Gasteiger partial charge in [0.15, 0.2) is 0 Å². The van der Waals surface area contributed by atoms with Crippen LogP contribution >= 0.6 is 0 Å². The highest BCUT2D eigenvalue weighted by atomic mass is 16.4. The summed E-state index contributed by atoms with van der Waals surface area (Å²) in [6, 6.07) is 6.76. The molecule has 2 rings (SSSR count). The average Bonchev–Trinajstić information content (AvgIpc) is 2.72. The second-order valence-corrected chi connectivity index (χ2v) is 6.58. The van der Waals surface area contributed by atoms with Gasteiger partial charge >= 0.3 is 5.97 Å². The third-order valence-electron chi connectivity index (χ3n) is 4.92. The molecule has 1 fully saturated rings. The molecule has 0 unspecified atom stereocenters. The normalized spacial score (nSPS) is 19.4. The lowest BCUT2D eigenvalue weighted by Gasteiger charge is -2.08. The highest BCUT2D eigenvalue weighted by Gasteiger charge is 2.65. The molecule has 1 aliphatic rings. The number of amides is 1. The fourth-order valence-corrected chi connectivity index (χ4v) is 2.83. The Morgan fingerprint density at radius 2 is 1.70 bits per heavy atom. The summed E-state index contributed by atoms with van der Waals surface area (Å²) < 4.78 is 0. The summed E-state index contributed by atoms with van der Waals surface area (Å²) in [7, 11) is 0. The van der Waals surface area contributed by atoms with Crippen molar-refractivity contribution in [2.75, 3.05) is 0 Å². The first-order valence-corrected chi connectivity index (χ1v) is 6.78. The smallest absolute Gasteiger partial charge is 0.335 e. The molecule has 1 aromatic carbocycles. The van der Waals surface area contributed by atoms with Gasteiger partial charge in [0.2, 0.25) is 5.91 Å². The molecule has 1 amide bonds. The van der Waals surface area contributed by atoms with Crippen molar-refractivity contribution in [2.45, 2.75) is 40.2 Å². The van der Waals surface area contributed by atoms with Gasteiger partial charge in [0.05, 0.1) is 12.0 Å². The molecule has 0 saturated heterocycles. The zero-order valence-corrected chi connectivity index (χ0v) is 12.4. The van der Waals surface area contributed by atoms with E-state index in [-0.39, 0.29) is 34.8 Å². The van der Waals surface area contributed by atoms with E-state index in [1.54, 1.807) is 18.2 Å². The maximum Gasteiger partial charge on any atom is 0.335 e. The Morgan fingerprint density at radius 1 is 1.15 bits per heavy atom. The van der Waals surface area contributed by atoms with Gasteiger partial charge in [0.1, 0.15) is 0 Å². The van der Waals surface area contributed by atoms with Crippen LogP contribution in [0.4, 0.5) is 0 Å². The van der Waals surface area contributed by atoms with Crippen molar-refractivity contribution in [2.24, 2.45) is 10.8 Å². The van der Waals surface area contributed by atoms with Crippen LogP contribution in [0, 0.1) is 10.8 Å². The molecular weight excluding hydrogens is 254 g/mol. The molecule has 0 spiro atoms. The predicted octanol–water partition coefficient (Wildman–Crippen LogP) is 2.48. The Morgan fingerprint density at radius 3 is 2.20 bits per heavy atom. The topological polar surface area (TPSA) is 66.4 Å². The van der Waals surface area contributed by atoms with Crippen LogP contribution in [-0.2, 0) is 11.2 Å². The number of benzene rings is 1. The van der Waals surface area contributed by atoms with Gasteiger partial charge in [-0.15, -0.1) is 0 Å². The van der Waals surface area contributed by atoms with Crippen LogP contribution in [-0.4, -0.2) is 23.0 Å². The number of carboxylic acid groups (broad SMARTS) is 1. The van der Waals surface area contributed by atoms with Gasteiger partial charge in [-0.2, -0.15) is 0 Å². The third kappa shape index (κ3) is 2.30. The third-order valence-corrected chi connectivity index (χ3v) is 4.92. The van der Waals surface area contributed by atoms with E-state index < -0.39 is 5.97 Å². The van der Waals surface area contributed by atoms with Crippen molar-refractivity contribution in [1.82, 2.24) is 5.32 Å². The van der Waals surface area contributed by atoms with Crippen LogP contribution in [0.2, 0.25) is 0 Å². The molecule has 4 heteroatoms. The highest BCUT2D eigenvalue weighted by Crippen LogP contribution is 2.62. The Labute approximate surface area is 119 Å². The van der Waals surface area contributed by atoms with E-state index >= 15 is 0 Å². The van der Waals surface area contributed by atoms with Gasteiger partial charge < -0.3 is 10.4 Å². The number of hydrogen-bond donors (Lipinski definition) is 2. The van der Waals surface area contributed by atoms with Gasteiger partial charge in [0.25, 0.3) is 0 Å².